The number of aryl methyl sites for hydroxylation is 1. The normalized spacial score (nSPS) is 10.9. The minimum Gasteiger partial charge on any atom is -0.322 e. The molecular weight excluding hydrogens is 391 g/mol. The van der Waals surface area contributed by atoms with Gasteiger partial charge in [0.2, 0.25) is 0 Å². The standard InChI is InChI=1S/C14H9BrCl2N4O/c1-21-13-10(12(15)20-21)11(17)9(6-18-13)14(22)19-8-4-2-7(16)3-5-8/h2-6H,1H3,(H,19,22). The first-order chi connectivity index (χ1) is 10.5. The molecule has 0 aliphatic heterocycles. The molecule has 1 amide bonds. The van der Waals surface area contributed by atoms with Gasteiger partial charge in [-0.2, -0.15) is 5.10 Å². The van der Waals surface area contributed by atoms with Gasteiger partial charge < -0.3 is 5.32 Å². The number of nitrogens with zero attached hydrogens (tertiary/aromatic N) is 3. The monoisotopic (exact) mass is 398 g/mol. The van der Waals surface area contributed by atoms with E-state index >= 15 is 0 Å². The number of carbonyl (C=O) groups is 1. The van der Waals surface area contributed by atoms with Crippen LogP contribution >= 0.6 is 39.1 Å². The fraction of sp³-hybridized carbons (Fsp3) is 0.0714. The van der Waals surface area contributed by atoms with Crippen LogP contribution in [0.1, 0.15) is 10.4 Å². The minimum absolute atomic E-state index is 0.276. The first-order valence-corrected chi connectivity index (χ1v) is 7.76. The number of anilines is 1. The molecule has 2 aromatic heterocycles. The van der Waals surface area contributed by atoms with Gasteiger partial charge in [-0.1, -0.05) is 23.2 Å². The molecule has 8 heteroatoms. The highest BCUT2D eigenvalue weighted by Crippen LogP contribution is 2.31. The van der Waals surface area contributed by atoms with Gasteiger partial charge in [-0.05, 0) is 40.2 Å². The molecule has 0 saturated heterocycles. The van der Waals surface area contributed by atoms with Gasteiger partial charge in [-0.3, -0.25) is 4.79 Å². The first-order valence-electron chi connectivity index (χ1n) is 6.21. The molecule has 0 atom stereocenters. The van der Waals surface area contributed by atoms with Crippen molar-refractivity contribution in [1.29, 1.82) is 0 Å². The molecule has 22 heavy (non-hydrogen) atoms. The van der Waals surface area contributed by atoms with Crippen LogP contribution in [0.3, 0.4) is 0 Å². The number of pyridine rings is 1. The van der Waals surface area contributed by atoms with Gasteiger partial charge in [0.25, 0.3) is 5.91 Å². The van der Waals surface area contributed by atoms with Crippen molar-refractivity contribution in [2.24, 2.45) is 7.05 Å². The third-order valence-corrected chi connectivity index (χ3v) is 4.29. The SMILES string of the molecule is Cn1nc(Br)c2c(Cl)c(C(=O)Nc3ccc(Cl)cc3)cnc21. The Kier molecular flexibility index (Phi) is 4.08. The maximum atomic E-state index is 12.4. The summed E-state index contributed by atoms with van der Waals surface area (Å²) in [6.45, 7) is 0. The van der Waals surface area contributed by atoms with Gasteiger partial charge in [0.1, 0.15) is 4.60 Å². The molecule has 0 fully saturated rings. The lowest BCUT2D eigenvalue weighted by atomic mass is 10.2. The number of benzene rings is 1. The topological polar surface area (TPSA) is 59.8 Å². The zero-order valence-electron chi connectivity index (χ0n) is 11.3. The van der Waals surface area contributed by atoms with E-state index in [1.54, 1.807) is 36.0 Å². The number of halogens is 3. The fourth-order valence-electron chi connectivity index (χ4n) is 2.03. The summed E-state index contributed by atoms with van der Waals surface area (Å²) in [7, 11) is 1.75. The third-order valence-electron chi connectivity index (χ3n) is 3.09. The highest BCUT2D eigenvalue weighted by Gasteiger charge is 2.19. The van der Waals surface area contributed by atoms with E-state index < -0.39 is 0 Å². The number of hydrogen-bond donors (Lipinski definition) is 1. The molecule has 0 spiro atoms. The molecule has 3 rings (SSSR count). The predicted octanol–water partition coefficient (Wildman–Crippen LogP) is 4.29. The van der Waals surface area contributed by atoms with Crippen LogP contribution in [-0.4, -0.2) is 20.7 Å². The summed E-state index contributed by atoms with van der Waals surface area (Å²) >= 11 is 15.5. The Bertz CT molecular complexity index is 877. The summed E-state index contributed by atoms with van der Waals surface area (Å²) in [5.41, 5.74) is 1.49. The molecular formula is C14H9BrCl2N4O. The quantitative estimate of drug-likeness (QED) is 0.699. The second-order valence-corrected chi connectivity index (χ2v) is 6.13. The summed E-state index contributed by atoms with van der Waals surface area (Å²) in [4.78, 5) is 16.6. The largest absolute Gasteiger partial charge is 0.322 e. The van der Waals surface area contributed by atoms with Crippen LogP contribution in [0.2, 0.25) is 10.0 Å². The van der Waals surface area contributed by atoms with E-state index in [9.17, 15) is 4.79 Å². The Labute approximate surface area is 144 Å². The van der Waals surface area contributed by atoms with Crippen LogP contribution in [0.5, 0.6) is 0 Å². The van der Waals surface area contributed by atoms with Crippen molar-refractivity contribution in [2.75, 3.05) is 5.32 Å². The van der Waals surface area contributed by atoms with E-state index in [0.29, 0.717) is 31.4 Å². The maximum absolute atomic E-state index is 12.4. The van der Waals surface area contributed by atoms with Crippen molar-refractivity contribution in [3.8, 4) is 0 Å². The van der Waals surface area contributed by atoms with Gasteiger partial charge in [0.15, 0.2) is 5.65 Å². The van der Waals surface area contributed by atoms with Crippen molar-refractivity contribution in [3.05, 3.63) is 50.7 Å². The van der Waals surface area contributed by atoms with Gasteiger partial charge in [0.05, 0.1) is 16.0 Å². The van der Waals surface area contributed by atoms with E-state index in [1.807, 2.05) is 0 Å². The molecule has 1 aromatic carbocycles. The van der Waals surface area contributed by atoms with Gasteiger partial charge in [-0.25, -0.2) is 9.67 Å². The lowest BCUT2D eigenvalue weighted by Crippen LogP contribution is -2.13. The number of rotatable bonds is 2. The Hall–Kier alpha value is -1.63. The van der Waals surface area contributed by atoms with Gasteiger partial charge in [0, 0.05) is 24.0 Å². The molecule has 2 heterocycles. The summed E-state index contributed by atoms with van der Waals surface area (Å²) < 4.78 is 2.13. The molecule has 0 saturated carbocycles. The number of nitrogens with one attached hydrogen (secondary N) is 1. The van der Waals surface area contributed by atoms with Crippen LogP contribution < -0.4 is 5.32 Å². The van der Waals surface area contributed by atoms with Gasteiger partial charge in [-0.15, -0.1) is 0 Å². The Morgan fingerprint density at radius 3 is 2.64 bits per heavy atom. The number of amides is 1. The summed E-state index contributed by atoms with van der Waals surface area (Å²) in [6, 6.07) is 6.80. The van der Waals surface area contributed by atoms with E-state index in [-0.39, 0.29) is 11.5 Å². The van der Waals surface area contributed by atoms with Crippen LogP contribution in [0.15, 0.2) is 35.1 Å². The Morgan fingerprint density at radius 1 is 1.27 bits per heavy atom. The van der Waals surface area contributed by atoms with Crippen molar-refractivity contribution in [3.63, 3.8) is 0 Å². The second kappa shape index (κ2) is 5.87. The van der Waals surface area contributed by atoms with Crippen molar-refractivity contribution in [1.82, 2.24) is 14.8 Å². The van der Waals surface area contributed by atoms with Crippen molar-refractivity contribution in [2.45, 2.75) is 0 Å². The first kappa shape index (κ1) is 15.3. The molecule has 5 nitrogen and oxygen atoms in total. The molecule has 0 bridgehead atoms. The van der Waals surface area contributed by atoms with E-state index in [4.69, 9.17) is 23.2 Å². The molecule has 0 unspecified atom stereocenters. The van der Waals surface area contributed by atoms with E-state index in [0.717, 1.165) is 0 Å². The van der Waals surface area contributed by atoms with Crippen LogP contribution in [0, 0.1) is 0 Å². The third kappa shape index (κ3) is 2.69. The molecule has 0 aliphatic carbocycles. The minimum atomic E-state index is -0.350. The summed E-state index contributed by atoms with van der Waals surface area (Å²) in [5, 5.41) is 8.44. The van der Waals surface area contributed by atoms with E-state index in [2.05, 4.69) is 31.3 Å². The second-order valence-electron chi connectivity index (χ2n) is 4.56. The van der Waals surface area contributed by atoms with Crippen molar-refractivity contribution < 1.29 is 4.79 Å². The molecule has 112 valence electrons. The lowest BCUT2D eigenvalue weighted by Gasteiger charge is -2.07. The zero-order chi connectivity index (χ0) is 15.9. The van der Waals surface area contributed by atoms with Crippen LogP contribution in [-0.2, 0) is 7.05 Å². The summed E-state index contributed by atoms with van der Waals surface area (Å²) in [6.07, 6.45) is 1.43. The summed E-state index contributed by atoms with van der Waals surface area (Å²) in [5.74, 6) is -0.350. The maximum Gasteiger partial charge on any atom is 0.258 e. The van der Waals surface area contributed by atoms with E-state index in [1.165, 1.54) is 6.20 Å². The number of hydrogen-bond acceptors (Lipinski definition) is 3. The number of carbonyl (C=O) groups excluding carboxylic acids is 1. The highest BCUT2D eigenvalue weighted by atomic mass is 79.9. The number of aromatic nitrogens is 3. The average Bonchev–Trinajstić information content (AvgIpc) is 2.77. The van der Waals surface area contributed by atoms with Crippen LogP contribution in [0.25, 0.3) is 11.0 Å². The number of fused-ring (bicyclic) bond motifs is 1. The fourth-order valence-corrected chi connectivity index (χ4v) is 3.19. The molecule has 0 aliphatic rings. The average molecular weight is 400 g/mol. The van der Waals surface area contributed by atoms with Crippen molar-refractivity contribution >= 4 is 61.8 Å². The Balaban J connectivity index is 1.99. The highest BCUT2D eigenvalue weighted by molar-refractivity contribution is 9.10. The Morgan fingerprint density at radius 2 is 1.95 bits per heavy atom. The predicted molar refractivity (Wildman–Crippen MR) is 90.6 cm³/mol. The smallest absolute Gasteiger partial charge is 0.258 e. The van der Waals surface area contributed by atoms with Crippen LogP contribution in [0.4, 0.5) is 5.69 Å². The van der Waals surface area contributed by atoms with Gasteiger partial charge >= 0.3 is 0 Å². The zero-order valence-corrected chi connectivity index (χ0v) is 14.4. The molecule has 3 aromatic rings. The lowest BCUT2D eigenvalue weighted by molar-refractivity contribution is 0.102. The molecule has 1 N–H and O–H groups in total. The molecule has 0 radical (unpaired) electrons.